The van der Waals surface area contributed by atoms with Crippen molar-refractivity contribution in [3.8, 4) is 11.4 Å². The zero-order chi connectivity index (χ0) is 18.6. The van der Waals surface area contributed by atoms with E-state index in [1.165, 1.54) is 11.8 Å². The Morgan fingerprint density at radius 1 is 1.04 bits per heavy atom. The largest absolute Gasteiger partial charge is 0.496 e. The van der Waals surface area contributed by atoms with Gasteiger partial charge in [0.1, 0.15) is 11.6 Å². The predicted molar refractivity (Wildman–Crippen MR) is 109 cm³/mol. The van der Waals surface area contributed by atoms with Crippen LogP contribution in [0, 0.1) is 0 Å². The number of nitrogens with zero attached hydrogens (tertiary/aromatic N) is 4. The molecule has 2 heterocycles. The molecule has 0 aliphatic heterocycles. The van der Waals surface area contributed by atoms with E-state index in [1.54, 1.807) is 13.3 Å². The van der Waals surface area contributed by atoms with Crippen LogP contribution in [0.4, 0.5) is 5.82 Å². The maximum Gasteiger partial charge on any atom is 0.191 e. The summed E-state index contributed by atoms with van der Waals surface area (Å²) in [4.78, 5) is 9.31. The number of benzene rings is 2. The second-order valence-electron chi connectivity index (χ2n) is 5.85. The van der Waals surface area contributed by atoms with Crippen molar-refractivity contribution in [1.29, 1.82) is 0 Å². The van der Waals surface area contributed by atoms with E-state index in [9.17, 15) is 0 Å². The van der Waals surface area contributed by atoms with Crippen LogP contribution in [0.25, 0.3) is 16.7 Å². The second-order valence-corrected chi connectivity index (χ2v) is 6.63. The lowest BCUT2D eigenvalue weighted by Gasteiger charge is -2.11. The van der Waals surface area contributed by atoms with Gasteiger partial charge in [-0.3, -0.25) is 0 Å². The van der Waals surface area contributed by atoms with Gasteiger partial charge in [0.15, 0.2) is 10.8 Å². The molecule has 0 amide bonds. The molecule has 0 radical (unpaired) electrons. The lowest BCUT2D eigenvalue weighted by Crippen LogP contribution is -2.05. The SMILES string of the molecule is COc1ccccc1CNc1nc(SC)nc2c1cnn2-c1ccccc1. The Balaban J connectivity index is 1.73. The molecule has 136 valence electrons. The number of hydrogen-bond acceptors (Lipinski definition) is 6. The minimum Gasteiger partial charge on any atom is -0.496 e. The van der Waals surface area contributed by atoms with E-state index in [0.717, 1.165) is 33.9 Å². The third-order valence-electron chi connectivity index (χ3n) is 4.23. The van der Waals surface area contributed by atoms with E-state index in [2.05, 4.69) is 20.4 Å². The number of thioether (sulfide) groups is 1. The quantitative estimate of drug-likeness (QED) is 0.402. The third-order valence-corrected chi connectivity index (χ3v) is 4.78. The molecule has 1 N–H and O–H groups in total. The highest BCUT2D eigenvalue weighted by Crippen LogP contribution is 2.26. The monoisotopic (exact) mass is 377 g/mol. The van der Waals surface area contributed by atoms with Gasteiger partial charge in [-0.15, -0.1) is 0 Å². The van der Waals surface area contributed by atoms with Crippen LogP contribution >= 0.6 is 11.8 Å². The van der Waals surface area contributed by atoms with Crippen molar-refractivity contribution in [3.63, 3.8) is 0 Å². The summed E-state index contributed by atoms with van der Waals surface area (Å²) in [5.74, 6) is 1.61. The first-order valence-electron chi connectivity index (χ1n) is 8.51. The van der Waals surface area contributed by atoms with E-state index in [-0.39, 0.29) is 0 Å². The third kappa shape index (κ3) is 3.46. The van der Waals surface area contributed by atoms with Gasteiger partial charge >= 0.3 is 0 Å². The molecule has 0 aliphatic rings. The summed E-state index contributed by atoms with van der Waals surface area (Å²) in [6.45, 7) is 0.598. The number of fused-ring (bicyclic) bond motifs is 1. The number of rotatable bonds is 6. The van der Waals surface area contributed by atoms with Crippen LogP contribution in [0.2, 0.25) is 0 Å². The molecule has 0 aliphatic carbocycles. The van der Waals surface area contributed by atoms with Crippen LogP contribution in [0.1, 0.15) is 5.56 Å². The molecule has 0 bridgehead atoms. The molecule has 4 rings (SSSR count). The van der Waals surface area contributed by atoms with Gasteiger partial charge in [0.2, 0.25) is 0 Å². The van der Waals surface area contributed by atoms with Crippen molar-refractivity contribution in [1.82, 2.24) is 19.7 Å². The number of nitrogens with one attached hydrogen (secondary N) is 1. The highest BCUT2D eigenvalue weighted by atomic mass is 32.2. The van der Waals surface area contributed by atoms with Crippen LogP contribution in [-0.4, -0.2) is 33.1 Å². The van der Waals surface area contributed by atoms with Gasteiger partial charge in [-0.1, -0.05) is 48.2 Å². The van der Waals surface area contributed by atoms with Gasteiger partial charge in [0, 0.05) is 12.1 Å². The van der Waals surface area contributed by atoms with Gasteiger partial charge in [0.25, 0.3) is 0 Å². The van der Waals surface area contributed by atoms with Gasteiger partial charge in [-0.2, -0.15) is 5.10 Å². The summed E-state index contributed by atoms with van der Waals surface area (Å²) in [5, 5.41) is 9.53. The maximum absolute atomic E-state index is 5.43. The fourth-order valence-electron chi connectivity index (χ4n) is 2.90. The lowest BCUT2D eigenvalue weighted by molar-refractivity contribution is 0.410. The predicted octanol–water partition coefficient (Wildman–Crippen LogP) is 4.16. The number of aromatic nitrogens is 4. The summed E-state index contributed by atoms with van der Waals surface area (Å²) >= 11 is 1.51. The number of anilines is 1. The van der Waals surface area contributed by atoms with Gasteiger partial charge < -0.3 is 10.1 Å². The van der Waals surface area contributed by atoms with Gasteiger partial charge in [-0.05, 0) is 24.5 Å². The van der Waals surface area contributed by atoms with Crippen LogP contribution in [-0.2, 0) is 6.54 Å². The standard InChI is InChI=1S/C20H19N5OS/c1-26-17-11-7-6-8-14(17)12-21-18-16-13-22-25(15-9-4-3-5-10-15)19(16)24-20(23-18)27-2/h3-11,13H,12H2,1-2H3,(H,21,23,24). The molecule has 0 fully saturated rings. The lowest BCUT2D eigenvalue weighted by atomic mass is 10.2. The molecule has 27 heavy (non-hydrogen) atoms. The average molecular weight is 377 g/mol. The van der Waals surface area contributed by atoms with Crippen molar-refractivity contribution < 1.29 is 4.74 Å². The average Bonchev–Trinajstić information content (AvgIpc) is 3.16. The van der Waals surface area contributed by atoms with E-state index in [1.807, 2.05) is 65.5 Å². The number of ether oxygens (including phenoxy) is 1. The summed E-state index contributed by atoms with van der Waals surface area (Å²) < 4.78 is 7.27. The molecule has 4 aromatic rings. The molecule has 0 atom stereocenters. The molecule has 7 heteroatoms. The molecule has 0 saturated heterocycles. The van der Waals surface area contributed by atoms with Crippen LogP contribution < -0.4 is 10.1 Å². The Bertz CT molecular complexity index is 1060. The Morgan fingerprint density at radius 2 is 1.81 bits per heavy atom. The van der Waals surface area contributed by atoms with Crippen molar-refractivity contribution in [3.05, 3.63) is 66.4 Å². The van der Waals surface area contributed by atoms with Gasteiger partial charge in [-0.25, -0.2) is 14.6 Å². The molecule has 2 aromatic heterocycles. The van der Waals surface area contributed by atoms with E-state index < -0.39 is 0 Å². The fourth-order valence-corrected chi connectivity index (χ4v) is 3.26. The highest BCUT2D eigenvalue weighted by molar-refractivity contribution is 7.98. The molecule has 2 aromatic carbocycles. The summed E-state index contributed by atoms with van der Waals surface area (Å²) in [5.41, 5.74) is 2.81. The molecule has 0 saturated carbocycles. The number of hydrogen-bond donors (Lipinski definition) is 1. The van der Waals surface area contributed by atoms with Crippen LogP contribution in [0.15, 0.2) is 66.0 Å². The van der Waals surface area contributed by atoms with Crippen molar-refractivity contribution in [2.45, 2.75) is 11.7 Å². The molecule has 6 nitrogen and oxygen atoms in total. The zero-order valence-electron chi connectivity index (χ0n) is 15.1. The first-order chi connectivity index (χ1) is 13.3. The van der Waals surface area contributed by atoms with Gasteiger partial charge in [0.05, 0.1) is 24.4 Å². The Kier molecular flexibility index (Phi) is 4.93. The van der Waals surface area contributed by atoms with Crippen molar-refractivity contribution in [2.24, 2.45) is 0 Å². The molecular weight excluding hydrogens is 358 g/mol. The molecular formula is C20H19N5OS. The summed E-state index contributed by atoms with van der Waals surface area (Å²) in [6, 6.07) is 17.9. The summed E-state index contributed by atoms with van der Waals surface area (Å²) in [7, 11) is 1.68. The Morgan fingerprint density at radius 3 is 2.59 bits per heavy atom. The summed E-state index contributed by atoms with van der Waals surface area (Å²) in [6.07, 6.45) is 3.77. The fraction of sp³-hybridized carbons (Fsp3) is 0.150. The minimum atomic E-state index is 0.598. The van der Waals surface area contributed by atoms with Crippen molar-refractivity contribution in [2.75, 3.05) is 18.7 Å². The number of methoxy groups -OCH3 is 1. The number of para-hydroxylation sites is 2. The first kappa shape index (κ1) is 17.4. The maximum atomic E-state index is 5.43. The van der Waals surface area contributed by atoms with Crippen LogP contribution in [0.3, 0.4) is 0 Å². The second kappa shape index (κ2) is 7.67. The van der Waals surface area contributed by atoms with E-state index in [0.29, 0.717) is 11.7 Å². The highest BCUT2D eigenvalue weighted by Gasteiger charge is 2.14. The first-order valence-corrected chi connectivity index (χ1v) is 9.73. The topological polar surface area (TPSA) is 64.9 Å². The van der Waals surface area contributed by atoms with Crippen molar-refractivity contribution >= 4 is 28.6 Å². The smallest absolute Gasteiger partial charge is 0.191 e. The Labute approximate surface area is 161 Å². The van der Waals surface area contributed by atoms with Crippen LogP contribution in [0.5, 0.6) is 5.75 Å². The normalized spacial score (nSPS) is 10.9. The Hall–Kier alpha value is -3.06. The minimum absolute atomic E-state index is 0.598. The zero-order valence-corrected chi connectivity index (χ0v) is 15.9. The molecule has 0 unspecified atom stereocenters. The van der Waals surface area contributed by atoms with E-state index >= 15 is 0 Å². The molecule has 0 spiro atoms. The van der Waals surface area contributed by atoms with E-state index in [4.69, 9.17) is 4.74 Å².